The van der Waals surface area contributed by atoms with E-state index in [9.17, 15) is 14.9 Å². The van der Waals surface area contributed by atoms with Crippen LogP contribution in [0.3, 0.4) is 0 Å². The molecule has 0 bridgehead atoms. The Labute approximate surface area is 168 Å². The van der Waals surface area contributed by atoms with Gasteiger partial charge in [-0.2, -0.15) is 5.26 Å². The molecular formula is C19H25BrN4O3. The predicted molar refractivity (Wildman–Crippen MR) is 104 cm³/mol. The van der Waals surface area contributed by atoms with Crippen LogP contribution >= 0.6 is 15.9 Å². The Kier molecular flexibility index (Phi) is 7.19. The number of nitrogens with zero attached hydrogens (tertiary/aromatic N) is 3. The molecule has 2 atom stereocenters. The highest BCUT2D eigenvalue weighted by atomic mass is 79.9. The van der Waals surface area contributed by atoms with Crippen molar-refractivity contribution in [2.45, 2.75) is 57.6 Å². The summed E-state index contributed by atoms with van der Waals surface area (Å²) < 4.78 is 6.11. The zero-order valence-electron chi connectivity index (χ0n) is 15.9. The van der Waals surface area contributed by atoms with Gasteiger partial charge >= 0.3 is 6.09 Å². The second-order valence-electron chi connectivity index (χ2n) is 7.53. The molecule has 0 aromatic carbocycles. The zero-order valence-corrected chi connectivity index (χ0v) is 17.5. The Morgan fingerprint density at radius 1 is 1.44 bits per heavy atom. The number of carbonyl (C=O) groups is 2. The summed E-state index contributed by atoms with van der Waals surface area (Å²) in [5.74, 6) is -0.765. The number of ether oxygens (including phenoxy) is 1. The normalized spacial score (nSPS) is 18.3. The number of nitrogens with one attached hydrogen (secondary N) is 1. The first-order chi connectivity index (χ1) is 12.7. The topological polar surface area (TPSA) is 95.3 Å². The lowest BCUT2D eigenvalue weighted by Gasteiger charge is -2.35. The summed E-state index contributed by atoms with van der Waals surface area (Å²) in [6.45, 7) is 6.05. The number of aromatic nitrogens is 1. The van der Waals surface area contributed by atoms with E-state index in [4.69, 9.17) is 4.74 Å². The van der Waals surface area contributed by atoms with Crippen molar-refractivity contribution in [3.8, 4) is 6.07 Å². The van der Waals surface area contributed by atoms with Crippen LogP contribution in [0.2, 0.25) is 0 Å². The lowest BCUT2D eigenvalue weighted by Crippen LogP contribution is -2.53. The van der Waals surface area contributed by atoms with E-state index in [0.29, 0.717) is 17.6 Å². The number of hydrogen-bond donors (Lipinski definition) is 1. The number of piperidine rings is 1. The van der Waals surface area contributed by atoms with Crippen LogP contribution in [0, 0.1) is 11.3 Å². The minimum atomic E-state index is -0.615. The largest absolute Gasteiger partial charge is 0.444 e. The van der Waals surface area contributed by atoms with Gasteiger partial charge in [-0.25, -0.2) is 9.78 Å². The number of halogens is 1. The molecule has 0 spiro atoms. The molecule has 0 radical (unpaired) electrons. The molecule has 0 saturated carbocycles. The molecule has 2 rings (SSSR count). The molecule has 7 nitrogen and oxygen atoms in total. The van der Waals surface area contributed by atoms with Crippen LogP contribution in [0.5, 0.6) is 0 Å². The molecule has 8 heteroatoms. The van der Waals surface area contributed by atoms with E-state index >= 15 is 0 Å². The molecule has 1 fully saturated rings. The first kappa shape index (κ1) is 21.2. The van der Waals surface area contributed by atoms with Crippen molar-refractivity contribution < 1.29 is 14.3 Å². The highest BCUT2D eigenvalue weighted by Gasteiger charge is 2.34. The molecule has 1 N–H and O–H groups in total. The van der Waals surface area contributed by atoms with Crippen molar-refractivity contribution in [2.24, 2.45) is 0 Å². The fourth-order valence-electron chi connectivity index (χ4n) is 2.90. The molecule has 1 saturated heterocycles. The lowest BCUT2D eigenvalue weighted by atomic mass is 10.00. The van der Waals surface area contributed by atoms with Gasteiger partial charge in [0.1, 0.15) is 16.2 Å². The van der Waals surface area contributed by atoms with Gasteiger partial charge in [-0.05, 0) is 67.6 Å². The number of amides is 2. The van der Waals surface area contributed by atoms with Crippen molar-refractivity contribution in [2.75, 3.05) is 13.1 Å². The lowest BCUT2D eigenvalue weighted by molar-refractivity contribution is -0.127. The van der Waals surface area contributed by atoms with E-state index in [-0.39, 0.29) is 12.5 Å². The van der Waals surface area contributed by atoms with E-state index in [0.717, 1.165) is 18.4 Å². The number of rotatable bonds is 4. The SMILES string of the molecule is CC(C)(C)OC(=O)N1CCCCC1C(=O)NC[C@H](C#N)c1ccc(Br)nc1. The quantitative estimate of drug-likeness (QED) is 0.729. The summed E-state index contributed by atoms with van der Waals surface area (Å²) >= 11 is 3.26. The van der Waals surface area contributed by atoms with E-state index < -0.39 is 23.7 Å². The first-order valence-corrected chi connectivity index (χ1v) is 9.79. The number of carbonyl (C=O) groups excluding carboxylic acids is 2. The van der Waals surface area contributed by atoms with Gasteiger partial charge in [-0.3, -0.25) is 9.69 Å². The third-order valence-corrected chi connectivity index (χ3v) is 4.69. The summed E-state index contributed by atoms with van der Waals surface area (Å²) in [5, 5.41) is 12.2. The third kappa shape index (κ3) is 6.21. The van der Waals surface area contributed by atoms with Gasteiger partial charge in [0.15, 0.2) is 0 Å². The van der Waals surface area contributed by atoms with Crippen LogP contribution in [0.1, 0.15) is 51.5 Å². The first-order valence-electron chi connectivity index (χ1n) is 8.99. The molecule has 2 heterocycles. The highest BCUT2D eigenvalue weighted by Crippen LogP contribution is 2.21. The molecule has 1 aliphatic rings. The van der Waals surface area contributed by atoms with Gasteiger partial charge in [0.25, 0.3) is 0 Å². The van der Waals surface area contributed by atoms with Gasteiger partial charge in [-0.15, -0.1) is 0 Å². The molecular weight excluding hydrogens is 412 g/mol. The summed E-state index contributed by atoms with van der Waals surface area (Å²) in [4.78, 5) is 30.7. The third-order valence-electron chi connectivity index (χ3n) is 4.22. The maximum absolute atomic E-state index is 12.7. The summed E-state index contributed by atoms with van der Waals surface area (Å²) in [7, 11) is 0. The Morgan fingerprint density at radius 3 is 2.78 bits per heavy atom. The second-order valence-corrected chi connectivity index (χ2v) is 8.34. The Balaban J connectivity index is 2.00. The van der Waals surface area contributed by atoms with Gasteiger partial charge in [0.05, 0.1) is 12.0 Å². The zero-order chi connectivity index (χ0) is 20.0. The number of likely N-dealkylation sites (tertiary alicyclic amines) is 1. The van der Waals surface area contributed by atoms with Crippen molar-refractivity contribution >= 4 is 27.9 Å². The average Bonchev–Trinajstić information content (AvgIpc) is 2.62. The summed E-state index contributed by atoms with van der Waals surface area (Å²) in [5.41, 5.74) is 0.115. The average molecular weight is 437 g/mol. The maximum Gasteiger partial charge on any atom is 0.410 e. The van der Waals surface area contributed by atoms with Crippen molar-refractivity contribution in [3.63, 3.8) is 0 Å². The van der Waals surface area contributed by atoms with Gasteiger partial charge in [0.2, 0.25) is 5.91 Å². The van der Waals surface area contributed by atoms with Crippen LogP contribution in [0.25, 0.3) is 0 Å². The summed E-state index contributed by atoms with van der Waals surface area (Å²) in [6, 6.07) is 5.17. The molecule has 2 amide bonds. The predicted octanol–water partition coefficient (Wildman–Crippen LogP) is 3.36. The molecule has 1 aromatic heterocycles. The molecule has 27 heavy (non-hydrogen) atoms. The monoisotopic (exact) mass is 436 g/mol. The number of pyridine rings is 1. The molecule has 0 aliphatic carbocycles. The van der Waals surface area contributed by atoms with Crippen LogP contribution < -0.4 is 5.32 Å². The highest BCUT2D eigenvalue weighted by molar-refractivity contribution is 9.10. The smallest absolute Gasteiger partial charge is 0.410 e. The maximum atomic E-state index is 12.7. The van der Waals surface area contributed by atoms with Crippen LogP contribution in [0.15, 0.2) is 22.9 Å². The van der Waals surface area contributed by atoms with Gasteiger partial charge in [0, 0.05) is 19.3 Å². The fraction of sp³-hybridized carbons (Fsp3) is 0.579. The van der Waals surface area contributed by atoms with Gasteiger partial charge < -0.3 is 10.1 Å². The second kappa shape index (κ2) is 9.18. The van der Waals surface area contributed by atoms with Crippen LogP contribution in [-0.4, -0.2) is 46.6 Å². The van der Waals surface area contributed by atoms with E-state index in [2.05, 4.69) is 32.3 Å². The molecule has 1 aliphatic heterocycles. The van der Waals surface area contributed by atoms with E-state index in [1.54, 1.807) is 39.1 Å². The minimum absolute atomic E-state index is 0.164. The molecule has 146 valence electrons. The minimum Gasteiger partial charge on any atom is -0.444 e. The van der Waals surface area contributed by atoms with Crippen LogP contribution in [0.4, 0.5) is 4.79 Å². The number of hydrogen-bond acceptors (Lipinski definition) is 5. The van der Waals surface area contributed by atoms with E-state index in [1.165, 1.54) is 4.90 Å². The fourth-order valence-corrected chi connectivity index (χ4v) is 3.13. The van der Waals surface area contributed by atoms with Crippen molar-refractivity contribution in [1.29, 1.82) is 5.26 Å². The van der Waals surface area contributed by atoms with Crippen LogP contribution in [-0.2, 0) is 9.53 Å². The molecule has 1 unspecified atom stereocenters. The Bertz CT molecular complexity index is 709. The Morgan fingerprint density at radius 2 is 2.19 bits per heavy atom. The van der Waals surface area contributed by atoms with Crippen molar-refractivity contribution in [3.05, 3.63) is 28.5 Å². The van der Waals surface area contributed by atoms with Gasteiger partial charge in [-0.1, -0.05) is 6.07 Å². The molecule has 1 aromatic rings. The standard InChI is InChI=1S/C19H25BrN4O3/c1-19(2,3)27-18(26)24-9-5-4-6-15(24)17(25)23-12-14(10-21)13-7-8-16(20)22-11-13/h7-8,11,14-15H,4-6,9,12H2,1-3H3,(H,23,25)/t14-,15?/m0/s1. The van der Waals surface area contributed by atoms with Crippen molar-refractivity contribution in [1.82, 2.24) is 15.2 Å². The Hall–Kier alpha value is -2.14. The summed E-state index contributed by atoms with van der Waals surface area (Å²) in [6.07, 6.45) is 3.43. The number of nitriles is 1. The van der Waals surface area contributed by atoms with E-state index in [1.807, 2.05) is 0 Å².